The molecule has 0 aromatic heterocycles. The molecule has 126 valence electrons. The molecule has 0 amide bonds. The fourth-order valence-corrected chi connectivity index (χ4v) is 2.41. The number of aryl methyl sites for hydroxylation is 1. The van der Waals surface area contributed by atoms with Crippen LogP contribution in [0.4, 0.5) is 0 Å². The first-order valence-corrected chi connectivity index (χ1v) is 6.77. The molecule has 0 bridgehead atoms. The lowest BCUT2D eigenvalue weighted by atomic mass is 9.83. The van der Waals surface area contributed by atoms with E-state index in [2.05, 4.69) is 9.47 Å². The second kappa shape index (κ2) is 8.11. The minimum atomic E-state index is -1.41. The maximum atomic E-state index is 12.0. The summed E-state index contributed by atoms with van der Waals surface area (Å²) in [4.78, 5) is 34.4. The van der Waals surface area contributed by atoms with Crippen molar-refractivity contribution < 1.29 is 28.7 Å². The van der Waals surface area contributed by atoms with Gasteiger partial charge >= 0.3 is 11.9 Å². The molecule has 1 aromatic carbocycles. The number of benzene rings is 1. The predicted molar refractivity (Wildman–Crippen MR) is 79.9 cm³/mol. The van der Waals surface area contributed by atoms with Gasteiger partial charge in [-0.1, -0.05) is 6.07 Å². The zero-order valence-corrected chi connectivity index (χ0v) is 13.4. The van der Waals surface area contributed by atoms with Crippen LogP contribution in [0.25, 0.3) is 0 Å². The predicted octanol–water partition coefficient (Wildman–Crippen LogP) is 1.33. The van der Waals surface area contributed by atoms with Gasteiger partial charge in [-0.05, 0) is 30.2 Å². The smallest absolute Gasteiger partial charge is 0.320 e. The number of methoxy groups -OCH3 is 3. The Balaban J connectivity index is 3.39. The molecule has 0 saturated heterocycles. The third kappa shape index (κ3) is 4.41. The van der Waals surface area contributed by atoms with Crippen LogP contribution in [0.5, 0.6) is 5.75 Å². The number of nitrogens with zero attached hydrogens (tertiary/aromatic N) is 1. The molecule has 0 aliphatic heterocycles. The molecule has 0 N–H and O–H groups in total. The van der Waals surface area contributed by atoms with Gasteiger partial charge in [-0.15, -0.1) is 0 Å². The number of hydrogen-bond acceptors (Lipinski definition) is 7. The molecule has 1 rings (SSSR count). The third-order valence-electron chi connectivity index (χ3n) is 3.53. The Bertz CT molecular complexity index is 583. The van der Waals surface area contributed by atoms with Gasteiger partial charge in [0.05, 0.1) is 27.2 Å². The molecule has 0 saturated carbocycles. The van der Waals surface area contributed by atoms with Crippen LogP contribution in [0.15, 0.2) is 18.2 Å². The maximum Gasteiger partial charge on any atom is 0.320 e. The Morgan fingerprint density at radius 2 is 1.74 bits per heavy atom. The second-order valence-corrected chi connectivity index (χ2v) is 4.87. The quantitative estimate of drug-likeness (QED) is 0.322. The van der Waals surface area contributed by atoms with Crippen molar-refractivity contribution in [1.82, 2.24) is 0 Å². The van der Waals surface area contributed by atoms with Crippen molar-refractivity contribution in [3.63, 3.8) is 0 Å². The summed E-state index contributed by atoms with van der Waals surface area (Å²) in [6, 6.07) is 4.88. The highest BCUT2D eigenvalue weighted by atomic mass is 16.6. The molecule has 0 fully saturated rings. The second-order valence-electron chi connectivity index (χ2n) is 4.87. The van der Waals surface area contributed by atoms with E-state index >= 15 is 0 Å². The van der Waals surface area contributed by atoms with E-state index in [1.54, 1.807) is 25.1 Å². The Labute approximate surface area is 133 Å². The number of hydrogen-bond donors (Lipinski definition) is 0. The highest BCUT2D eigenvalue weighted by Crippen LogP contribution is 2.31. The van der Waals surface area contributed by atoms with E-state index < -0.39 is 35.2 Å². The molecule has 0 spiro atoms. The Hall–Kier alpha value is -2.64. The lowest BCUT2D eigenvalue weighted by molar-refractivity contribution is -0.484. The number of carbonyl (C=O) groups is 2. The van der Waals surface area contributed by atoms with E-state index in [4.69, 9.17) is 4.74 Å². The maximum absolute atomic E-state index is 12.0. The van der Waals surface area contributed by atoms with Gasteiger partial charge in [-0.25, -0.2) is 0 Å². The molecule has 8 heteroatoms. The molecule has 0 aliphatic carbocycles. The summed E-state index contributed by atoms with van der Waals surface area (Å²) in [5.74, 6) is -3.60. The Morgan fingerprint density at radius 3 is 2.13 bits per heavy atom. The highest BCUT2D eigenvalue weighted by Gasteiger charge is 2.41. The lowest BCUT2D eigenvalue weighted by Crippen LogP contribution is -2.35. The number of esters is 2. The van der Waals surface area contributed by atoms with Gasteiger partial charge in [0.2, 0.25) is 6.54 Å². The first kappa shape index (κ1) is 18.4. The summed E-state index contributed by atoms with van der Waals surface area (Å²) in [6.07, 6.45) is 0. The number of nitro groups is 1. The van der Waals surface area contributed by atoms with E-state index in [-0.39, 0.29) is 0 Å². The van der Waals surface area contributed by atoms with Gasteiger partial charge in [0, 0.05) is 4.92 Å². The molecule has 0 heterocycles. The molecule has 0 radical (unpaired) electrons. The molecule has 1 aromatic rings. The van der Waals surface area contributed by atoms with Crippen molar-refractivity contribution in [2.75, 3.05) is 27.9 Å². The van der Waals surface area contributed by atoms with Gasteiger partial charge in [-0.2, -0.15) is 0 Å². The van der Waals surface area contributed by atoms with Gasteiger partial charge in [0.15, 0.2) is 5.92 Å². The zero-order valence-electron chi connectivity index (χ0n) is 13.4. The number of rotatable bonds is 7. The first-order chi connectivity index (χ1) is 10.8. The minimum Gasteiger partial charge on any atom is -0.497 e. The van der Waals surface area contributed by atoms with Crippen LogP contribution >= 0.6 is 0 Å². The Morgan fingerprint density at radius 1 is 1.17 bits per heavy atom. The molecule has 8 nitrogen and oxygen atoms in total. The van der Waals surface area contributed by atoms with Gasteiger partial charge in [0.25, 0.3) is 0 Å². The van der Waals surface area contributed by atoms with Crippen LogP contribution in [-0.2, 0) is 19.1 Å². The minimum absolute atomic E-state index is 0.489. The van der Waals surface area contributed by atoms with E-state index in [1.807, 2.05) is 0 Å². The molecule has 1 atom stereocenters. The fourth-order valence-electron chi connectivity index (χ4n) is 2.41. The summed E-state index contributed by atoms with van der Waals surface area (Å²) < 4.78 is 14.3. The van der Waals surface area contributed by atoms with Crippen LogP contribution in [0.1, 0.15) is 17.0 Å². The van der Waals surface area contributed by atoms with Crippen molar-refractivity contribution in [3.8, 4) is 5.75 Å². The summed E-state index contributed by atoms with van der Waals surface area (Å²) in [7, 11) is 3.72. The summed E-state index contributed by atoms with van der Waals surface area (Å²) in [5.41, 5.74) is 1.15. The summed E-state index contributed by atoms with van der Waals surface area (Å²) in [6.45, 7) is 1.11. The standard InChI is InChI=1S/C15H19NO7/c1-9-7-10(21-2)5-6-11(9)12(8-16(19)20)13(14(17)22-3)15(18)23-4/h5-7,12-13H,8H2,1-4H3/t12-/m0/s1. The van der Waals surface area contributed by atoms with Crippen LogP contribution in [0.2, 0.25) is 0 Å². The highest BCUT2D eigenvalue weighted by molar-refractivity contribution is 5.96. The van der Waals surface area contributed by atoms with Crippen LogP contribution in [0, 0.1) is 23.0 Å². The van der Waals surface area contributed by atoms with Crippen molar-refractivity contribution in [2.45, 2.75) is 12.8 Å². The topological polar surface area (TPSA) is 105 Å². The number of ether oxygens (including phenoxy) is 3. The van der Waals surface area contributed by atoms with Gasteiger partial charge < -0.3 is 14.2 Å². The monoisotopic (exact) mass is 325 g/mol. The first-order valence-electron chi connectivity index (χ1n) is 6.77. The molecular formula is C15H19NO7. The van der Waals surface area contributed by atoms with Gasteiger partial charge in [0.1, 0.15) is 5.75 Å². The number of carbonyl (C=O) groups excluding carboxylic acids is 2. The van der Waals surface area contributed by atoms with Crippen molar-refractivity contribution in [3.05, 3.63) is 39.4 Å². The van der Waals surface area contributed by atoms with Crippen molar-refractivity contribution in [1.29, 1.82) is 0 Å². The van der Waals surface area contributed by atoms with Gasteiger partial charge in [-0.3, -0.25) is 19.7 Å². The average molecular weight is 325 g/mol. The van der Waals surface area contributed by atoms with E-state index in [1.165, 1.54) is 7.11 Å². The lowest BCUT2D eigenvalue weighted by Gasteiger charge is -2.22. The van der Waals surface area contributed by atoms with E-state index in [0.29, 0.717) is 16.9 Å². The van der Waals surface area contributed by atoms with Crippen LogP contribution in [0.3, 0.4) is 0 Å². The van der Waals surface area contributed by atoms with E-state index in [9.17, 15) is 19.7 Å². The molecule has 0 aliphatic rings. The largest absolute Gasteiger partial charge is 0.497 e. The SMILES string of the molecule is COC(=O)C(C(=O)OC)[C@@H](C[N+](=O)[O-])c1ccc(OC)cc1C. The average Bonchev–Trinajstić information content (AvgIpc) is 2.53. The fraction of sp³-hybridized carbons (Fsp3) is 0.467. The molecule has 23 heavy (non-hydrogen) atoms. The normalized spacial score (nSPS) is 11.7. The van der Waals surface area contributed by atoms with Crippen LogP contribution < -0.4 is 4.74 Å². The molecular weight excluding hydrogens is 306 g/mol. The van der Waals surface area contributed by atoms with Crippen molar-refractivity contribution >= 4 is 11.9 Å². The van der Waals surface area contributed by atoms with E-state index in [0.717, 1.165) is 14.2 Å². The molecule has 0 unspecified atom stereocenters. The van der Waals surface area contributed by atoms with Crippen LogP contribution in [-0.4, -0.2) is 44.7 Å². The Kier molecular flexibility index (Phi) is 6.49. The zero-order chi connectivity index (χ0) is 17.6. The summed E-state index contributed by atoms with van der Waals surface area (Å²) >= 11 is 0. The van der Waals surface area contributed by atoms with Crippen molar-refractivity contribution in [2.24, 2.45) is 5.92 Å². The third-order valence-corrected chi connectivity index (χ3v) is 3.53. The summed E-state index contributed by atoms with van der Waals surface area (Å²) in [5, 5.41) is 11.0.